The predicted molar refractivity (Wildman–Crippen MR) is 71.1 cm³/mol. The van der Waals surface area contributed by atoms with Gasteiger partial charge in [0.2, 0.25) is 0 Å². The maximum Gasteiger partial charge on any atom is 0.127 e. The van der Waals surface area contributed by atoms with Crippen molar-refractivity contribution < 1.29 is 9.47 Å². The first kappa shape index (κ1) is 11.3. The van der Waals surface area contributed by atoms with Crippen molar-refractivity contribution in [3.8, 4) is 11.5 Å². The summed E-state index contributed by atoms with van der Waals surface area (Å²) >= 11 is 0. The van der Waals surface area contributed by atoms with Gasteiger partial charge in [0.25, 0.3) is 0 Å². The lowest BCUT2D eigenvalue weighted by Crippen LogP contribution is -2.43. The molecule has 0 aliphatic carbocycles. The highest BCUT2D eigenvalue weighted by molar-refractivity contribution is 5.36. The van der Waals surface area contributed by atoms with E-state index in [1.54, 1.807) is 0 Å². The molecule has 0 radical (unpaired) electrons. The van der Waals surface area contributed by atoms with Gasteiger partial charge < -0.3 is 9.47 Å². The van der Waals surface area contributed by atoms with Gasteiger partial charge in [-0.25, -0.2) is 0 Å². The van der Waals surface area contributed by atoms with Crippen molar-refractivity contribution in [3.05, 3.63) is 60.2 Å². The molecule has 1 fully saturated rings. The van der Waals surface area contributed by atoms with Gasteiger partial charge >= 0.3 is 0 Å². The lowest BCUT2D eigenvalue weighted by atomic mass is 9.81. The topological polar surface area (TPSA) is 18.5 Å². The van der Waals surface area contributed by atoms with Crippen LogP contribution in [0.15, 0.2) is 54.6 Å². The summed E-state index contributed by atoms with van der Waals surface area (Å²) in [6.07, 6.45) is 0. The molecule has 2 heteroatoms. The molecule has 0 aromatic heterocycles. The third kappa shape index (κ3) is 2.12. The number of rotatable bonds is 3. The van der Waals surface area contributed by atoms with E-state index in [0.29, 0.717) is 0 Å². The maximum atomic E-state index is 5.77. The van der Waals surface area contributed by atoms with E-state index in [1.807, 2.05) is 42.5 Å². The first-order valence-corrected chi connectivity index (χ1v) is 6.17. The first-order valence-electron chi connectivity index (χ1n) is 6.17. The van der Waals surface area contributed by atoms with E-state index in [4.69, 9.17) is 9.47 Å². The monoisotopic (exact) mass is 240 g/mol. The molecule has 92 valence electrons. The summed E-state index contributed by atoms with van der Waals surface area (Å²) < 4.78 is 11.1. The predicted octanol–water partition coefficient (Wildman–Crippen LogP) is 3.77. The lowest BCUT2D eigenvalue weighted by molar-refractivity contribution is -0.0500. The number of hydrogen-bond acceptors (Lipinski definition) is 2. The van der Waals surface area contributed by atoms with Gasteiger partial charge in [-0.15, -0.1) is 0 Å². The van der Waals surface area contributed by atoms with Crippen LogP contribution < -0.4 is 4.74 Å². The molecule has 1 aliphatic rings. The molecule has 0 amide bonds. The summed E-state index contributed by atoms with van der Waals surface area (Å²) in [4.78, 5) is 0. The zero-order valence-electron chi connectivity index (χ0n) is 10.4. The maximum absolute atomic E-state index is 5.77. The molecule has 18 heavy (non-hydrogen) atoms. The molecule has 2 nitrogen and oxygen atoms in total. The molecule has 0 bridgehead atoms. The minimum Gasteiger partial charge on any atom is -0.457 e. The van der Waals surface area contributed by atoms with Gasteiger partial charge in [-0.2, -0.15) is 0 Å². The second-order valence-electron chi connectivity index (χ2n) is 4.99. The van der Waals surface area contributed by atoms with Gasteiger partial charge in [-0.05, 0) is 29.8 Å². The van der Waals surface area contributed by atoms with E-state index in [2.05, 4.69) is 19.1 Å². The Hall–Kier alpha value is -1.80. The molecule has 1 saturated heterocycles. The highest BCUT2D eigenvalue weighted by Gasteiger charge is 2.34. The second-order valence-corrected chi connectivity index (χ2v) is 4.99. The zero-order chi connectivity index (χ0) is 12.4. The minimum atomic E-state index is 0.186. The Morgan fingerprint density at radius 2 is 1.50 bits per heavy atom. The number of para-hydroxylation sites is 1. The fourth-order valence-corrected chi connectivity index (χ4v) is 2.12. The lowest BCUT2D eigenvalue weighted by Gasteiger charge is -2.38. The Bertz CT molecular complexity index is 513. The average Bonchev–Trinajstić information content (AvgIpc) is 2.38. The summed E-state index contributed by atoms with van der Waals surface area (Å²) in [5.41, 5.74) is 1.50. The van der Waals surface area contributed by atoms with Gasteiger partial charge in [0.15, 0.2) is 0 Å². The quantitative estimate of drug-likeness (QED) is 0.813. The summed E-state index contributed by atoms with van der Waals surface area (Å²) in [5.74, 6) is 1.73. The van der Waals surface area contributed by atoms with Crippen LogP contribution in [0.3, 0.4) is 0 Å². The molecule has 0 atom stereocenters. The van der Waals surface area contributed by atoms with Crippen LogP contribution in [0, 0.1) is 0 Å². The molecular formula is C16H16O2. The molecule has 0 unspecified atom stereocenters. The van der Waals surface area contributed by atoms with Crippen molar-refractivity contribution >= 4 is 0 Å². The minimum absolute atomic E-state index is 0.186. The zero-order valence-corrected chi connectivity index (χ0v) is 10.4. The molecule has 0 spiro atoms. The molecule has 0 saturated carbocycles. The van der Waals surface area contributed by atoms with E-state index in [9.17, 15) is 0 Å². The molecule has 1 aliphatic heterocycles. The number of benzene rings is 2. The van der Waals surface area contributed by atoms with E-state index in [0.717, 1.165) is 24.7 Å². The van der Waals surface area contributed by atoms with Crippen molar-refractivity contribution in [2.45, 2.75) is 12.3 Å². The van der Waals surface area contributed by atoms with Gasteiger partial charge in [-0.1, -0.05) is 37.3 Å². The van der Waals surface area contributed by atoms with Gasteiger partial charge in [0.1, 0.15) is 11.5 Å². The fraction of sp³-hybridized carbons (Fsp3) is 0.250. The molecule has 3 rings (SSSR count). The van der Waals surface area contributed by atoms with Crippen LogP contribution in [-0.2, 0) is 10.2 Å². The smallest absolute Gasteiger partial charge is 0.127 e. The van der Waals surface area contributed by atoms with E-state index in [1.165, 1.54) is 5.56 Å². The Morgan fingerprint density at radius 1 is 0.889 bits per heavy atom. The fourth-order valence-electron chi connectivity index (χ4n) is 2.12. The van der Waals surface area contributed by atoms with Crippen LogP contribution in [0.2, 0.25) is 0 Å². The second kappa shape index (κ2) is 4.46. The van der Waals surface area contributed by atoms with Crippen molar-refractivity contribution in [1.82, 2.24) is 0 Å². The molecule has 0 N–H and O–H groups in total. The molecule has 2 aromatic rings. The molecule has 1 heterocycles. The van der Waals surface area contributed by atoms with Crippen molar-refractivity contribution in [2.24, 2.45) is 0 Å². The summed E-state index contributed by atoms with van der Waals surface area (Å²) in [7, 11) is 0. The van der Waals surface area contributed by atoms with Crippen molar-refractivity contribution in [1.29, 1.82) is 0 Å². The van der Waals surface area contributed by atoms with E-state index in [-0.39, 0.29) is 5.41 Å². The van der Waals surface area contributed by atoms with E-state index >= 15 is 0 Å². The third-order valence-corrected chi connectivity index (χ3v) is 3.37. The van der Waals surface area contributed by atoms with Crippen LogP contribution in [0.4, 0.5) is 0 Å². The SMILES string of the molecule is CC1(c2ccc(Oc3ccccc3)cc2)COC1. The Labute approximate surface area is 107 Å². The van der Waals surface area contributed by atoms with Crippen LogP contribution in [0.25, 0.3) is 0 Å². The summed E-state index contributed by atoms with van der Waals surface area (Å²) in [5, 5.41) is 0. The summed E-state index contributed by atoms with van der Waals surface area (Å²) in [6, 6.07) is 18.1. The van der Waals surface area contributed by atoms with Gasteiger partial charge in [0, 0.05) is 5.41 Å². The van der Waals surface area contributed by atoms with Crippen LogP contribution >= 0.6 is 0 Å². The molecular weight excluding hydrogens is 224 g/mol. The standard InChI is InChI=1S/C16H16O2/c1-16(11-17-12-16)13-7-9-15(10-8-13)18-14-5-3-2-4-6-14/h2-10H,11-12H2,1H3. The van der Waals surface area contributed by atoms with Crippen LogP contribution in [0.5, 0.6) is 11.5 Å². The Kier molecular flexibility index (Phi) is 2.80. The third-order valence-electron chi connectivity index (χ3n) is 3.37. The molecule has 2 aromatic carbocycles. The van der Waals surface area contributed by atoms with Crippen molar-refractivity contribution in [2.75, 3.05) is 13.2 Å². The largest absolute Gasteiger partial charge is 0.457 e. The number of hydrogen-bond donors (Lipinski definition) is 0. The summed E-state index contributed by atoms with van der Waals surface area (Å²) in [6.45, 7) is 3.85. The van der Waals surface area contributed by atoms with Crippen LogP contribution in [-0.4, -0.2) is 13.2 Å². The Morgan fingerprint density at radius 3 is 2.06 bits per heavy atom. The highest BCUT2D eigenvalue weighted by atomic mass is 16.5. The van der Waals surface area contributed by atoms with Crippen molar-refractivity contribution in [3.63, 3.8) is 0 Å². The normalized spacial score (nSPS) is 16.9. The first-order chi connectivity index (χ1) is 8.76. The van der Waals surface area contributed by atoms with Gasteiger partial charge in [-0.3, -0.25) is 0 Å². The number of ether oxygens (including phenoxy) is 2. The van der Waals surface area contributed by atoms with E-state index < -0.39 is 0 Å². The Balaban J connectivity index is 1.75. The highest BCUT2D eigenvalue weighted by Crippen LogP contribution is 2.33. The average molecular weight is 240 g/mol. The van der Waals surface area contributed by atoms with Crippen LogP contribution in [0.1, 0.15) is 12.5 Å². The van der Waals surface area contributed by atoms with Gasteiger partial charge in [0.05, 0.1) is 13.2 Å².